The highest BCUT2D eigenvalue weighted by Gasteiger charge is 2.09. The normalized spacial score (nSPS) is 9.71. The molecule has 0 saturated heterocycles. The van der Waals surface area contributed by atoms with E-state index in [1.807, 2.05) is 24.3 Å². The van der Waals surface area contributed by atoms with E-state index in [2.05, 4.69) is 10.3 Å². The number of hydrogen-bond acceptors (Lipinski definition) is 3. The molecule has 0 fully saturated rings. The number of nitriles is 1. The van der Waals surface area contributed by atoms with Crippen LogP contribution in [-0.2, 0) is 6.42 Å². The monoisotopic (exact) mass is 280 g/mol. The van der Waals surface area contributed by atoms with Gasteiger partial charge in [-0.15, -0.1) is 0 Å². The largest absolute Gasteiger partial charge is 0.327 e. The lowest BCUT2D eigenvalue weighted by molar-refractivity contribution is 0.223. The molecule has 1 heterocycles. The van der Waals surface area contributed by atoms with Crippen molar-refractivity contribution in [2.24, 2.45) is 0 Å². The molecule has 0 aliphatic rings. The van der Waals surface area contributed by atoms with Crippen LogP contribution in [0.15, 0.2) is 48.7 Å². The number of nitrogens with zero attached hydrogens (tertiary/aromatic N) is 3. The van der Waals surface area contributed by atoms with Gasteiger partial charge in [-0.2, -0.15) is 5.26 Å². The summed E-state index contributed by atoms with van der Waals surface area (Å²) < 4.78 is 0. The third-order valence-electron chi connectivity index (χ3n) is 3.04. The van der Waals surface area contributed by atoms with Crippen LogP contribution in [0.25, 0.3) is 0 Å². The Morgan fingerprint density at radius 2 is 2.05 bits per heavy atom. The Kier molecular flexibility index (Phi) is 4.89. The minimum absolute atomic E-state index is 0.185. The van der Waals surface area contributed by atoms with Gasteiger partial charge >= 0.3 is 6.03 Å². The summed E-state index contributed by atoms with van der Waals surface area (Å²) in [5.74, 6) is 0. The van der Waals surface area contributed by atoms with Gasteiger partial charge in [-0.1, -0.05) is 6.07 Å². The highest BCUT2D eigenvalue weighted by Crippen LogP contribution is 2.09. The average Bonchev–Trinajstić information content (AvgIpc) is 2.54. The lowest BCUT2D eigenvalue weighted by Crippen LogP contribution is -2.33. The van der Waals surface area contributed by atoms with Gasteiger partial charge in [0.25, 0.3) is 0 Å². The third-order valence-corrected chi connectivity index (χ3v) is 3.04. The van der Waals surface area contributed by atoms with E-state index >= 15 is 0 Å². The first-order chi connectivity index (χ1) is 10.2. The van der Waals surface area contributed by atoms with Crippen LogP contribution in [0.5, 0.6) is 0 Å². The van der Waals surface area contributed by atoms with Crippen LogP contribution in [-0.4, -0.2) is 29.5 Å². The fourth-order valence-corrected chi connectivity index (χ4v) is 1.78. The second kappa shape index (κ2) is 7.06. The molecular formula is C16H16N4O. The smallest absolute Gasteiger partial charge is 0.321 e. The highest BCUT2D eigenvalue weighted by molar-refractivity contribution is 5.89. The lowest BCUT2D eigenvalue weighted by atomic mass is 10.2. The molecule has 0 aliphatic heterocycles. The van der Waals surface area contributed by atoms with Crippen LogP contribution in [0.2, 0.25) is 0 Å². The molecule has 0 aliphatic carbocycles. The number of amides is 2. The third kappa shape index (κ3) is 4.32. The summed E-state index contributed by atoms with van der Waals surface area (Å²) in [7, 11) is 1.74. The van der Waals surface area contributed by atoms with Crippen molar-refractivity contribution >= 4 is 11.7 Å². The second-order valence-electron chi connectivity index (χ2n) is 4.61. The fourth-order valence-electron chi connectivity index (χ4n) is 1.78. The van der Waals surface area contributed by atoms with E-state index in [-0.39, 0.29) is 6.03 Å². The Balaban J connectivity index is 1.86. The molecule has 0 unspecified atom stereocenters. The van der Waals surface area contributed by atoms with Crippen molar-refractivity contribution in [2.75, 3.05) is 18.9 Å². The van der Waals surface area contributed by atoms with Gasteiger partial charge in [0, 0.05) is 37.6 Å². The molecule has 5 heteroatoms. The zero-order valence-electron chi connectivity index (χ0n) is 11.8. The summed E-state index contributed by atoms with van der Waals surface area (Å²) in [4.78, 5) is 17.8. The van der Waals surface area contributed by atoms with Gasteiger partial charge in [-0.25, -0.2) is 4.79 Å². The Morgan fingerprint density at radius 3 is 2.67 bits per heavy atom. The van der Waals surface area contributed by atoms with Crippen molar-refractivity contribution in [1.82, 2.24) is 9.88 Å². The summed E-state index contributed by atoms with van der Waals surface area (Å²) in [6.45, 7) is 0.582. The summed E-state index contributed by atoms with van der Waals surface area (Å²) in [6.07, 6.45) is 2.45. The van der Waals surface area contributed by atoms with Crippen LogP contribution < -0.4 is 5.32 Å². The predicted molar refractivity (Wildman–Crippen MR) is 80.7 cm³/mol. The number of rotatable bonds is 4. The standard InChI is InChI=1S/C16H16N4O/c1-20(11-9-14-4-2-3-10-18-14)16(21)19-15-7-5-13(12-17)6-8-15/h2-8,10H,9,11H2,1H3,(H,19,21). The molecule has 0 atom stereocenters. The molecule has 0 radical (unpaired) electrons. The molecule has 21 heavy (non-hydrogen) atoms. The Morgan fingerprint density at radius 1 is 1.29 bits per heavy atom. The number of carbonyl (C=O) groups excluding carboxylic acids is 1. The van der Waals surface area contributed by atoms with Gasteiger partial charge in [-0.3, -0.25) is 4.98 Å². The minimum atomic E-state index is -0.185. The average molecular weight is 280 g/mol. The number of likely N-dealkylation sites (N-methyl/N-ethyl adjacent to an activating group) is 1. The van der Waals surface area contributed by atoms with Gasteiger partial charge in [-0.05, 0) is 36.4 Å². The van der Waals surface area contributed by atoms with Gasteiger partial charge in [0.2, 0.25) is 0 Å². The molecule has 0 saturated carbocycles. The zero-order valence-corrected chi connectivity index (χ0v) is 11.8. The molecule has 2 aromatic rings. The lowest BCUT2D eigenvalue weighted by Gasteiger charge is -2.17. The van der Waals surface area contributed by atoms with Crippen molar-refractivity contribution in [3.63, 3.8) is 0 Å². The van der Waals surface area contributed by atoms with Crippen LogP contribution >= 0.6 is 0 Å². The Labute approximate surface area is 123 Å². The van der Waals surface area contributed by atoms with Crippen LogP contribution in [0, 0.1) is 11.3 Å². The first-order valence-electron chi connectivity index (χ1n) is 6.61. The second-order valence-corrected chi connectivity index (χ2v) is 4.61. The zero-order chi connectivity index (χ0) is 15.1. The number of urea groups is 1. The van der Waals surface area contributed by atoms with Crippen molar-refractivity contribution < 1.29 is 4.79 Å². The predicted octanol–water partition coefficient (Wildman–Crippen LogP) is 2.66. The maximum absolute atomic E-state index is 12.0. The summed E-state index contributed by atoms with van der Waals surface area (Å²) >= 11 is 0. The van der Waals surface area contributed by atoms with E-state index in [4.69, 9.17) is 5.26 Å². The number of pyridine rings is 1. The van der Waals surface area contributed by atoms with Crippen molar-refractivity contribution in [3.8, 4) is 6.07 Å². The molecule has 5 nitrogen and oxygen atoms in total. The van der Waals surface area contributed by atoms with E-state index in [0.717, 1.165) is 5.69 Å². The SMILES string of the molecule is CN(CCc1ccccn1)C(=O)Nc1ccc(C#N)cc1. The minimum Gasteiger partial charge on any atom is -0.327 e. The van der Waals surface area contributed by atoms with Gasteiger partial charge in [0.1, 0.15) is 0 Å². The summed E-state index contributed by atoms with van der Waals surface area (Å²) in [5.41, 5.74) is 2.19. The Bertz CT molecular complexity index is 632. The summed E-state index contributed by atoms with van der Waals surface area (Å²) in [6, 6.07) is 14.3. The van der Waals surface area contributed by atoms with Crippen LogP contribution in [0.4, 0.5) is 10.5 Å². The van der Waals surface area contributed by atoms with Crippen molar-refractivity contribution in [1.29, 1.82) is 5.26 Å². The van der Waals surface area contributed by atoms with E-state index in [9.17, 15) is 4.79 Å². The topological polar surface area (TPSA) is 69.0 Å². The van der Waals surface area contributed by atoms with Gasteiger partial charge in [0.05, 0.1) is 11.6 Å². The summed E-state index contributed by atoms with van der Waals surface area (Å²) in [5, 5.41) is 11.5. The van der Waals surface area contributed by atoms with Crippen LogP contribution in [0.3, 0.4) is 0 Å². The molecule has 1 aromatic carbocycles. The van der Waals surface area contributed by atoms with Crippen LogP contribution in [0.1, 0.15) is 11.3 Å². The molecule has 2 rings (SSSR count). The fraction of sp³-hybridized carbons (Fsp3) is 0.188. The number of carbonyl (C=O) groups is 1. The van der Waals surface area contributed by atoms with Crippen molar-refractivity contribution in [3.05, 3.63) is 59.9 Å². The molecule has 2 amide bonds. The Hall–Kier alpha value is -2.87. The van der Waals surface area contributed by atoms with E-state index in [1.165, 1.54) is 0 Å². The van der Waals surface area contributed by atoms with E-state index in [0.29, 0.717) is 24.2 Å². The highest BCUT2D eigenvalue weighted by atomic mass is 16.2. The molecule has 0 spiro atoms. The molecule has 1 aromatic heterocycles. The van der Waals surface area contributed by atoms with Crippen molar-refractivity contribution in [2.45, 2.75) is 6.42 Å². The molecule has 106 valence electrons. The number of aromatic nitrogens is 1. The maximum Gasteiger partial charge on any atom is 0.321 e. The first-order valence-corrected chi connectivity index (χ1v) is 6.61. The van der Waals surface area contributed by atoms with E-state index < -0.39 is 0 Å². The van der Waals surface area contributed by atoms with Gasteiger partial charge in [0.15, 0.2) is 0 Å². The molecule has 0 bridgehead atoms. The first kappa shape index (κ1) is 14.5. The maximum atomic E-state index is 12.0. The molecule has 1 N–H and O–H groups in total. The number of hydrogen-bond donors (Lipinski definition) is 1. The van der Waals surface area contributed by atoms with Gasteiger partial charge < -0.3 is 10.2 Å². The number of anilines is 1. The van der Waals surface area contributed by atoms with E-state index in [1.54, 1.807) is 42.4 Å². The number of benzene rings is 1. The molecular weight excluding hydrogens is 264 g/mol. The quantitative estimate of drug-likeness (QED) is 0.936. The number of nitrogens with one attached hydrogen (secondary N) is 1.